The van der Waals surface area contributed by atoms with Crippen molar-refractivity contribution in [3.05, 3.63) is 29.3 Å². The topological polar surface area (TPSA) is 29.5 Å². The molecule has 3 heteroatoms. The Morgan fingerprint density at radius 2 is 2.05 bits per heavy atom. The Labute approximate surface area is 133 Å². The Bertz CT molecular complexity index is 546. The number of benzene rings is 1. The van der Waals surface area contributed by atoms with Crippen LogP contribution in [0.2, 0.25) is 0 Å². The summed E-state index contributed by atoms with van der Waals surface area (Å²) in [7, 11) is 0. The smallest absolute Gasteiger partial charge is 0.159 e. The second-order valence-corrected chi connectivity index (χ2v) is 6.79. The van der Waals surface area contributed by atoms with Gasteiger partial charge < -0.3 is 4.74 Å². The molecular weight excluding hydrogens is 274 g/mol. The molecule has 0 aromatic heterocycles. The lowest BCUT2D eigenvalue weighted by Gasteiger charge is -2.30. The van der Waals surface area contributed by atoms with Crippen LogP contribution in [0.5, 0.6) is 5.75 Å². The van der Waals surface area contributed by atoms with Crippen molar-refractivity contribution in [1.29, 1.82) is 0 Å². The lowest BCUT2D eigenvalue weighted by molar-refractivity contribution is 0.101. The maximum atomic E-state index is 11.7. The summed E-state index contributed by atoms with van der Waals surface area (Å²) in [4.78, 5) is 14.3. The molecule has 0 radical (unpaired) electrons. The normalized spacial score (nSPS) is 19.3. The molecule has 3 rings (SSSR count). The molecule has 0 bridgehead atoms. The summed E-state index contributed by atoms with van der Waals surface area (Å²) >= 11 is 0. The molecule has 3 nitrogen and oxygen atoms in total. The van der Waals surface area contributed by atoms with Gasteiger partial charge in [0.1, 0.15) is 5.75 Å². The molecule has 0 N–H and O–H groups in total. The fraction of sp³-hybridized carbons (Fsp3) is 0.632. The summed E-state index contributed by atoms with van der Waals surface area (Å²) in [5, 5.41) is 0. The van der Waals surface area contributed by atoms with Crippen molar-refractivity contribution in [2.45, 2.75) is 65.1 Å². The predicted octanol–water partition coefficient (Wildman–Crippen LogP) is 4.05. The van der Waals surface area contributed by atoms with Crippen LogP contribution in [0, 0.1) is 5.92 Å². The monoisotopic (exact) mass is 301 g/mol. The number of ether oxygens (including phenoxy) is 1. The van der Waals surface area contributed by atoms with Crippen molar-refractivity contribution in [2.75, 3.05) is 6.61 Å². The van der Waals surface area contributed by atoms with Gasteiger partial charge in [0, 0.05) is 29.8 Å². The third kappa shape index (κ3) is 3.52. The Morgan fingerprint density at radius 3 is 2.59 bits per heavy atom. The molecule has 0 amide bonds. The van der Waals surface area contributed by atoms with Crippen LogP contribution in [-0.2, 0) is 6.54 Å². The van der Waals surface area contributed by atoms with Gasteiger partial charge in [-0.25, -0.2) is 0 Å². The summed E-state index contributed by atoms with van der Waals surface area (Å²) in [6.45, 7) is 7.57. The van der Waals surface area contributed by atoms with E-state index in [1.54, 1.807) is 6.92 Å². The highest BCUT2D eigenvalue weighted by molar-refractivity contribution is 5.94. The van der Waals surface area contributed by atoms with E-state index in [1.165, 1.54) is 25.7 Å². The van der Waals surface area contributed by atoms with Gasteiger partial charge in [-0.15, -0.1) is 0 Å². The maximum absolute atomic E-state index is 11.7. The SMILES string of the molecule is CCOc1ccc(C(C)=O)cc1CN(C1CC1)C(C)C1CC1. The number of nitrogens with zero attached hydrogens (tertiary/aromatic N) is 1. The van der Waals surface area contributed by atoms with Gasteiger partial charge in [-0.05, 0) is 70.6 Å². The zero-order valence-electron chi connectivity index (χ0n) is 14.0. The number of Topliss-reactive ketones (excluding diaryl/α,β-unsaturated/α-hetero) is 1. The average Bonchev–Trinajstić information content (AvgIpc) is 3.38. The lowest BCUT2D eigenvalue weighted by Crippen LogP contribution is -2.36. The maximum Gasteiger partial charge on any atom is 0.159 e. The van der Waals surface area contributed by atoms with Crippen LogP contribution in [0.3, 0.4) is 0 Å². The Morgan fingerprint density at radius 1 is 1.32 bits per heavy atom. The van der Waals surface area contributed by atoms with Crippen LogP contribution in [-0.4, -0.2) is 29.4 Å². The van der Waals surface area contributed by atoms with Gasteiger partial charge in [0.2, 0.25) is 0 Å². The van der Waals surface area contributed by atoms with Crippen molar-refractivity contribution in [3.8, 4) is 5.75 Å². The first-order valence-electron chi connectivity index (χ1n) is 8.62. The Hall–Kier alpha value is -1.35. The summed E-state index contributed by atoms with van der Waals surface area (Å²) < 4.78 is 5.79. The standard InChI is InChI=1S/C19H27NO2/c1-4-22-19-10-7-16(14(3)21)11-17(19)12-20(18-8-9-18)13(2)15-5-6-15/h7,10-11,13,15,18H,4-6,8-9,12H2,1-3H3. The highest BCUT2D eigenvalue weighted by Gasteiger charge is 2.39. The van der Waals surface area contributed by atoms with Crippen LogP contribution >= 0.6 is 0 Å². The van der Waals surface area contributed by atoms with Crippen LogP contribution in [0.4, 0.5) is 0 Å². The molecular formula is C19H27NO2. The molecule has 1 atom stereocenters. The highest BCUT2D eigenvalue weighted by atomic mass is 16.5. The minimum Gasteiger partial charge on any atom is -0.494 e. The van der Waals surface area contributed by atoms with Crippen molar-refractivity contribution in [2.24, 2.45) is 5.92 Å². The average molecular weight is 301 g/mol. The van der Waals surface area contributed by atoms with Gasteiger partial charge in [-0.2, -0.15) is 0 Å². The number of hydrogen-bond acceptors (Lipinski definition) is 3. The van der Waals surface area contributed by atoms with Crippen molar-refractivity contribution < 1.29 is 9.53 Å². The Balaban J connectivity index is 1.83. The van der Waals surface area contributed by atoms with E-state index in [9.17, 15) is 4.79 Å². The summed E-state index contributed by atoms with van der Waals surface area (Å²) in [5.74, 6) is 1.92. The number of carbonyl (C=O) groups is 1. The van der Waals surface area contributed by atoms with Crippen molar-refractivity contribution in [1.82, 2.24) is 4.90 Å². The second kappa shape index (κ2) is 6.41. The van der Waals surface area contributed by atoms with Crippen LogP contribution < -0.4 is 4.74 Å². The number of hydrogen-bond donors (Lipinski definition) is 0. The van der Waals surface area contributed by atoms with E-state index in [-0.39, 0.29) is 5.78 Å². The summed E-state index contributed by atoms with van der Waals surface area (Å²) in [5.41, 5.74) is 1.95. The van der Waals surface area contributed by atoms with E-state index in [4.69, 9.17) is 4.74 Å². The van der Waals surface area contributed by atoms with E-state index in [2.05, 4.69) is 11.8 Å². The molecule has 2 aliphatic carbocycles. The van der Waals surface area contributed by atoms with E-state index in [0.717, 1.165) is 35.4 Å². The molecule has 1 aromatic carbocycles. The van der Waals surface area contributed by atoms with Gasteiger partial charge in [0.05, 0.1) is 6.61 Å². The predicted molar refractivity (Wildman–Crippen MR) is 88.4 cm³/mol. The molecule has 0 saturated heterocycles. The second-order valence-electron chi connectivity index (χ2n) is 6.79. The quantitative estimate of drug-likeness (QED) is 0.678. The number of ketones is 1. The first kappa shape index (κ1) is 15.5. The van der Waals surface area contributed by atoms with E-state index in [0.29, 0.717) is 12.6 Å². The van der Waals surface area contributed by atoms with Gasteiger partial charge in [-0.3, -0.25) is 9.69 Å². The fourth-order valence-corrected chi connectivity index (χ4v) is 3.28. The van der Waals surface area contributed by atoms with Gasteiger partial charge in [-0.1, -0.05) is 0 Å². The molecule has 120 valence electrons. The van der Waals surface area contributed by atoms with Crippen molar-refractivity contribution >= 4 is 5.78 Å². The van der Waals surface area contributed by atoms with Gasteiger partial charge in [0.15, 0.2) is 5.78 Å². The lowest BCUT2D eigenvalue weighted by atomic mass is 10.0. The summed E-state index contributed by atoms with van der Waals surface area (Å²) in [6, 6.07) is 7.24. The van der Waals surface area contributed by atoms with Crippen LogP contribution in [0.25, 0.3) is 0 Å². The molecule has 0 heterocycles. The van der Waals surface area contributed by atoms with E-state index < -0.39 is 0 Å². The Kier molecular flexibility index (Phi) is 4.53. The largest absolute Gasteiger partial charge is 0.494 e. The van der Waals surface area contributed by atoms with E-state index >= 15 is 0 Å². The molecule has 2 saturated carbocycles. The van der Waals surface area contributed by atoms with Crippen LogP contribution in [0.15, 0.2) is 18.2 Å². The first-order valence-corrected chi connectivity index (χ1v) is 8.62. The van der Waals surface area contributed by atoms with E-state index in [1.807, 2.05) is 25.1 Å². The molecule has 22 heavy (non-hydrogen) atoms. The minimum absolute atomic E-state index is 0.123. The molecule has 2 aliphatic rings. The number of rotatable bonds is 8. The zero-order valence-corrected chi connectivity index (χ0v) is 14.0. The molecule has 1 unspecified atom stereocenters. The van der Waals surface area contributed by atoms with Crippen LogP contribution in [0.1, 0.15) is 62.4 Å². The molecule has 0 aliphatic heterocycles. The first-order chi connectivity index (χ1) is 10.6. The third-order valence-electron chi connectivity index (χ3n) is 4.96. The van der Waals surface area contributed by atoms with Gasteiger partial charge in [0.25, 0.3) is 0 Å². The van der Waals surface area contributed by atoms with Crippen molar-refractivity contribution in [3.63, 3.8) is 0 Å². The minimum atomic E-state index is 0.123. The fourth-order valence-electron chi connectivity index (χ4n) is 3.28. The molecule has 0 spiro atoms. The zero-order chi connectivity index (χ0) is 15.7. The van der Waals surface area contributed by atoms with Gasteiger partial charge >= 0.3 is 0 Å². The third-order valence-corrected chi connectivity index (χ3v) is 4.96. The highest BCUT2D eigenvalue weighted by Crippen LogP contribution is 2.41. The molecule has 2 fully saturated rings. The summed E-state index contributed by atoms with van der Waals surface area (Å²) in [6.07, 6.45) is 5.37. The number of carbonyl (C=O) groups excluding carboxylic acids is 1. The molecule has 1 aromatic rings.